The lowest BCUT2D eigenvalue weighted by Crippen LogP contribution is -2.32. The average molecular weight is 545 g/mol. The molecule has 2 aliphatic rings. The van der Waals surface area contributed by atoms with E-state index in [2.05, 4.69) is 25.7 Å². The third-order valence-corrected chi connectivity index (χ3v) is 8.28. The van der Waals surface area contributed by atoms with Crippen molar-refractivity contribution in [3.63, 3.8) is 0 Å². The van der Waals surface area contributed by atoms with Gasteiger partial charge in [-0.2, -0.15) is 5.10 Å². The second-order valence-electron chi connectivity index (χ2n) is 10.7. The van der Waals surface area contributed by atoms with Gasteiger partial charge in [0, 0.05) is 35.1 Å². The van der Waals surface area contributed by atoms with Gasteiger partial charge in [0.05, 0.1) is 35.6 Å². The van der Waals surface area contributed by atoms with E-state index in [1.807, 2.05) is 26.0 Å². The molecule has 6 rings (SSSR count). The van der Waals surface area contributed by atoms with Crippen molar-refractivity contribution < 1.29 is 23.2 Å². The molecule has 4 heterocycles. The van der Waals surface area contributed by atoms with Crippen molar-refractivity contribution in [3.8, 4) is 17.0 Å². The van der Waals surface area contributed by atoms with Crippen LogP contribution in [0.4, 0.5) is 10.1 Å². The molecule has 40 heavy (non-hydrogen) atoms. The van der Waals surface area contributed by atoms with Crippen LogP contribution in [0.1, 0.15) is 58.2 Å². The number of aromatic nitrogens is 4. The van der Waals surface area contributed by atoms with Crippen molar-refractivity contribution in [2.75, 3.05) is 11.9 Å². The number of fused-ring (bicyclic) bond motifs is 1. The van der Waals surface area contributed by atoms with Gasteiger partial charge in [0.25, 0.3) is 5.91 Å². The van der Waals surface area contributed by atoms with E-state index in [1.165, 1.54) is 18.4 Å². The number of primary amides is 1. The Morgan fingerprint density at radius 2 is 2.10 bits per heavy atom. The second-order valence-corrected chi connectivity index (χ2v) is 10.7. The Labute approximate surface area is 229 Å². The number of rotatable bonds is 8. The number of H-pyrrole nitrogens is 1. The number of nitrogens with one attached hydrogen (secondary N) is 2. The summed E-state index contributed by atoms with van der Waals surface area (Å²) < 4.78 is 25.0. The molecule has 1 fully saturated rings. The molecule has 3 atom stereocenters. The quantitative estimate of drug-likeness (QED) is 0.296. The Kier molecular flexibility index (Phi) is 6.36. The highest BCUT2D eigenvalue weighted by Gasteiger charge is 2.61. The molecule has 3 aromatic heterocycles. The van der Waals surface area contributed by atoms with Crippen LogP contribution in [-0.4, -0.2) is 38.8 Å². The maximum absolute atomic E-state index is 14.0. The maximum Gasteiger partial charge on any atom is 0.253 e. The minimum absolute atomic E-state index is 0.162. The highest BCUT2D eigenvalue weighted by molar-refractivity contribution is 5.93. The normalized spacial score (nSPS) is 21.1. The summed E-state index contributed by atoms with van der Waals surface area (Å²) in [4.78, 5) is 29.5. The van der Waals surface area contributed by atoms with E-state index in [1.54, 1.807) is 12.3 Å². The first kappa shape index (κ1) is 25.7. The van der Waals surface area contributed by atoms with E-state index in [0.29, 0.717) is 30.2 Å². The monoisotopic (exact) mass is 544 g/mol. The maximum atomic E-state index is 14.0. The number of carbonyl (C=O) groups is 2. The van der Waals surface area contributed by atoms with E-state index >= 15 is 0 Å². The number of anilines is 1. The van der Waals surface area contributed by atoms with Gasteiger partial charge in [0.2, 0.25) is 5.91 Å². The van der Waals surface area contributed by atoms with E-state index < -0.39 is 5.91 Å². The number of amides is 2. The number of nitrogens with two attached hydrogens (primary N) is 1. The Bertz CT molecular complexity index is 1580. The molecule has 11 heteroatoms. The Morgan fingerprint density at radius 1 is 1.25 bits per heavy atom. The van der Waals surface area contributed by atoms with Gasteiger partial charge >= 0.3 is 0 Å². The number of pyridine rings is 1. The van der Waals surface area contributed by atoms with Crippen LogP contribution in [-0.2, 0) is 11.2 Å². The smallest absolute Gasteiger partial charge is 0.253 e. The second kappa shape index (κ2) is 9.89. The van der Waals surface area contributed by atoms with E-state index in [4.69, 9.17) is 15.0 Å². The number of halogens is 1. The summed E-state index contributed by atoms with van der Waals surface area (Å²) >= 11 is 0. The summed E-state index contributed by atoms with van der Waals surface area (Å²) in [5, 5.41) is 14.1. The number of aryl methyl sites for hydroxylation is 3. The zero-order valence-corrected chi connectivity index (χ0v) is 22.2. The molecule has 0 saturated heterocycles. The van der Waals surface area contributed by atoms with Crippen LogP contribution >= 0.6 is 0 Å². The minimum atomic E-state index is -0.578. The fraction of sp³-hybridized carbons (Fsp3) is 0.345. The summed E-state index contributed by atoms with van der Waals surface area (Å²) in [6.45, 7) is 4.23. The number of benzene rings is 1. The average Bonchev–Trinajstić information content (AvgIpc) is 3.22. The molecular weight excluding hydrogens is 515 g/mol. The van der Waals surface area contributed by atoms with Gasteiger partial charge < -0.3 is 20.3 Å². The van der Waals surface area contributed by atoms with Crippen molar-refractivity contribution in [2.45, 2.75) is 45.4 Å². The lowest BCUT2D eigenvalue weighted by Gasteiger charge is -2.35. The van der Waals surface area contributed by atoms with Crippen LogP contribution in [0.25, 0.3) is 11.3 Å². The van der Waals surface area contributed by atoms with Crippen LogP contribution in [0.5, 0.6) is 5.75 Å². The Hall–Kier alpha value is -4.54. The number of carbonyl (C=O) groups excluding carboxylic acids is 2. The number of ether oxygens (including phenoxy) is 1. The first-order valence-corrected chi connectivity index (χ1v) is 13.2. The summed E-state index contributed by atoms with van der Waals surface area (Å²) in [6, 6.07) is 8.18. The van der Waals surface area contributed by atoms with Crippen molar-refractivity contribution in [1.82, 2.24) is 20.3 Å². The van der Waals surface area contributed by atoms with E-state index in [-0.39, 0.29) is 41.0 Å². The molecule has 0 bridgehead atoms. The molecule has 206 valence electrons. The van der Waals surface area contributed by atoms with Crippen molar-refractivity contribution >= 4 is 17.5 Å². The SMILES string of the molecule is Cc1n[nH]c(C)c1-c1ccc(NC(=O)CC2c3ccc(F)cc3OCC23CC3CCc2nocc2C(N)=O)cn1. The predicted molar refractivity (Wildman–Crippen MR) is 143 cm³/mol. The van der Waals surface area contributed by atoms with E-state index in [0.717, 1.165) is 41.1 Å². The van der Waals surface area contributed by atoms with Gasteiger partial charge in [-0.25, -0.2) is 4.39 Å². The highest BCUT2D eigenvalue weighted by Crippen LogP contribution is 2.66. The van der Waals surface area contributed by atoms with Crippen molar-refractivity contribution in [3.05, 3.63) is 76.8 Å². The largest absolute Gasteiger partial charge is 0.493 e. The molecule has 4 N–H and O–H groups in total. The molecule has 3 unspecified atom stereocenters. The molecule has 1 spiro atoms. The van der Waals surface area contributed by atoms with Crippen LogP contribution in [0.15, 0.2) is 47.3 Å². The van der Waals surface area contributed by atoms with Gasteiger partial charge in [-0.15, -0.1) is 0 Å². The first-order chi connectivity index (χ1) is 19.2. The van der Waals surface area contributed by atoms with Crippen LogP contribution in [0.3, 0.4) is 0 Å². The molecule has 1 aliphatic heterocycles. The molecule has 1 aliphatic carbocycles. The van der Waals surface area contributed by atoms with Crippen LogP contribution < -0.4 is 15.8 Å². The fourth-order valence-electron chi connectivity index (χ4n) is 6.14. The summed E-state index contributed by atoms with van der Waals surface area (Å²) in [5.41, 5.74) is 10.9. The molecule has 1 aromatic carbocycles. The van der Waals surface area contributed by atoms with Crippen LogP contribution in [0, 0.1) is 31.0 Å². The molecule has 2 amide bonds. The van der Waals surface area contributed by atoms with E-state index in [9.17, 15) is 14.0 Å². The van der Waals surface area contributed by atoms with Crippen molar-refractivity contribution in [2.24, 2.45) is 17.1 Å². The zero-order chi connectivity index (χ0) is 28.0. The van der Waals surface area contributed by atoms with Gasteiger partial charge in [0.15, 0.2) is 0 Å². The number of hydrogen-bond donors (Lipinski definition) is 3. The zero-order valence-electron chi connectivity index (χ0n) is 22.2. The number of aromatic amines is 1. The highest BCUT2D eigenvalue weighted by atomic mass is 19.1. The Balaban J connectivity index is 1.19. The fourth-order valence-corrected chi connectivity index (χ4v) is 6.14. The molecule has 4 aromatic rings. The first-order valence-electron chi connectivity index (χ1n) is 13.2. The molecular formula is C29H29FN6O4. The molecule has 0 radical (unpaired) electrons. The van der Waals surface area contributed by atoms with Gasteiger partial charge in [-0.1, -0.05) is 11.2 Å². The van der Waals surface area contributed by atoms with Gasteiger partial charge in [-0.3, -0.25) is 19.7 Å². The Morgan fingerprint density at radius 3 is 2.83 bits per heavy atom. The standard InChI is InChI=1S/C29H29FN6O4/c1-15-27(16(2)35-34-15)24-8-5-19(12-32-24)33-26(37)10-22-20-6-4-18(30)9-25(20)39-14-29(22)11-17(29)3-7-23-21(28(31)38)13-40-36-23/h4-6,8-9,12-13,17,22H,3,7,10-11,14H2,1-2H3,(H2,31,38)(H,33,37)(H,34,35). The van der Waals surface area contributed by atoms with Crippen molar-refractivity contribution in [1.29, 1.82) is 0 Å². The van der Waals surface area contributed by atoms with Gasteiger partial charge in [-0.05, 0) is 62.8 Å². The molecule has 1 saturated carbocycles. The topological polar surface area (TPSA) is 149 Å². The lowest BCUT2D eigenvalue weighted by atomic mass is 9.76. The number of hydrogen-bond acceptors (Lipinski definition) is 7. The third-order valence-electron chi connectivity index (χ3n) is 8.28. The number of nitrogens with zero attached hydrogens (tertiary/aromatic N) is 3. The summed E-state index contributed by atoms with van der Waals surface area (Å²) in [7, 11) is 0. The molecule has 10 nitrogen and oxygen atoms in total. The van der Waals surface area contributed by atoms with Crippen LogP contribution in [0.2, 0.25) is 0 Å². The summed E-state index contributed by atoms with van der Waals surface area (Å²) in [5.74, 6) is -0.597. The summed E-state index contributed by atoms with van der Waals surface area (Å²) in [6.07, 6.45) is 5.19. The minimum Gasteiger partial charge on any atom is -0.493 e. The van der Waals surface area contributed by atoms with Gasteiger partial charge in [0.1, 0.15) is 23.4 Å². The lowest BCUT2D eigenvalue weighted by molar-refractivity contribution is -0.117. The third kappa shape index (κ3) is 4.61. The predicted octanol–water partition coefficient (Wildman–Crippen LogP) is 4.46.